The number of aromatic nitrogens is 6. The number of rotatable bonds is 8. The van der Waals surface area contributed by atoms with Crippen molar-refractivity contribution in [3.8, 4) is 11.5 Å². The summed E-state index contributed by atoms with van der Waals surface area (Å²) in [4.78, 5) is 29.1. The van der Waals surface area contributed by atoms with Crippen LogP contribution in [0.1, 0.15) is 36.7 Å². The first kappa shape index (κ1) is 29.7. The Kier molecular flexibility index (Phi) is 7.08. The molecule has 0 unspecified atom stereocenters. The number of hydrogen-bond acceptors (Lipinski definition) is 13. The van der Waals surface area contributed by atoms with Crippen LogP contribution in [-0.4, -0.2) is 79.5 Å². The number of benzene rings is 2. The molecule has 47 heavy (non-hydrogen) atoms. The monoisotopic (exact) mass is 663 g/mol. The summed E-state index contributed by atoms with van der Waals surface area (Å²) in [7, 11) is -4.16. The molecule has 0 aliphatic carbocycles. The molecule has 1 atom stereocenters. The molecule has 9 rings (SSSR count). The highest BCUT2D eigenvalue weighted by Gasteiger charge is 2.44. The smallest absolute Gasteiger partial charge is 0.277 e. The molecule has 3 aromatic heterocycles. The van der Waals surface area contributed by atoms with E-state index >= 15 is 4.39 Å². The van der Waals surface area contributed by atoms with Gasteiger partial charge in [-0.05, 0) is 56.6 Å². The average molecular weight is 664 g/mol. The van der Waals surface area contributed by atoms with Gasteiger partial charge in [0.2, 0.25) is 5.95 Å². The SMILES string of the molecule is O=c1c2ccc(Nc3ncc(-c4nc(C56CCN(CC5)CC6)no4)c(N[C@H](CO)c4ccccc4)n3)c(F)c2n2n1COCS2(=O)=O. The Labute approximate surface area is 267 Å². The van der Waals surface area contributed by atoms with E-state index in [1.165, 1.54) is 18.3 Å². The van der Waals surface area contributed by atoms with Gasteiger partial charge < -0.3 is 29.9 Å². The molecule has 5 aromatic rings. The van der Waals surface area contributed by atoms with Crippen LogP contribution < -0.4 is 16.2 Å². The second kappa shape index (κ2) is 11.2. The first-order valence-electron chi connectivity index (χ1n) is 15.1. The summed E-state index contributed by atoms with van der Waals surface area (Å²) in [5.41, 5.74) is -0.256. The molecule has 3 N–H and O–H groups in total. The Balaban J connectivity index is 1.19. The molecule has 0 radical (unpaired) electrons. The fourth-order valence-electron chi connectivity index (χ4n) is 6.67. The molecular weight excluding hydrogens is 633 g/mol. The van der Waals surface area contributed by atoms with Crippen molar-refractivity contribution in [2.75, 3.05) is 42.8 Å². The lowest BCUT2D eigenvalue weighted by atomic mass is 9.71. The van der Waals surface area contributed by atoms with Crippen molar-refractivity contribution in [3.05, 3.63) is 76.2 Å². The first-order valence-corrected chi connectivity index (χ1v) is 16.8. The molecule has 15 nitrogen and oxygen atoms in total. The molecule has 3 fully saturated rings. The van der Waals surface area contributed by atoms with Crippen LogP contribution in [0.15, 0.2) is 58.0 Å². The molecule has 17 heteroatoms. The predicted octanol–water partition coefficient (Wildman–Crippen LogP) is 2.53. The minimum atomic E-state index is -4.16. The predicted molar refractivity (Wildman–Crippen MR) is 167 cm³/mol. The molecule has 2 bridgehead atoms. The second-order valence-corrected chi connectivity index (χ2v) is 13.7. The number of ether oxygens (including phenoxy) is 1. The lowest BCUT2D eigenvalue weighted by Crippen LogP contribution is -2.51. The maximum absolute atomic E-state index is 16.0. The number of halogens is 1. The van der Waals surface area contributed by atoms with E-state index in [9.17, 15) is 18.3 Å². The summed E-state index contributed by atoms with van der Waals surface area (Å²) >= 11 is 0. The highest BCUT2D eigenvalue weighted by atomic mass is 32.2. The van der Waals surface area contributed by atoms with Crippen LogP contribution in [0.4, 0.5) is 21.8 Å². The molecule has 2 aromatic carbocycles. The highest BCUT2D eigenvalue weighted by Crippen LogP contribution is 2.42. The van der Waals surface area contributed by atoms with E-state index in [1.54, 1.807) is 0 Å². The van der Waals surface area contributed by atoms with Crippen LogP contribution in [0.25, 0.3) is 22.4 Å². The van der Waals surface area contributed by atoms with Crippen molar-refractivity contribution in [2.24, 2.45) is 0 Å². The number of fused-ring (bicyclic) bond motifs is 6. The van der Waals surface area contributed by atoms with E-state index < -0.39 is 38.9 Å². The fourth-order valence-corrected chi connectivity index (χ4v) is 7.93. The van der Waals surface area contributed by atoms with Gasteiger partial charge in [-0.3, -0.25) is 4.79 Å². The zero-order valence-corrected chi connectivity index (χ0v) is 25.8. The van der Waals surface area contributed by atoms with Crippen LogP contribution >= 0.6 is 0 Å². The maximum Gasteiger partial charge on any atom is 0.277 e. The van der Waals surface area contributed by atoms with E-state index in [4.69, 9.17) is 14.2 Å². The molecule has 4 aliphatic heterocycles. The number of aliphatic hydroxyl groups excluding tert-OH is 1. The lowest BCUT2D eigenvalue weighted by Gasteiger charge is -2.46. The molecule has 3 saturated heterocycles. The largest absolute Gasteiger partial charge is 0.394 e. The minimum Gasteiger partial charge on any atom is -0.394 e. The van der Waals surface area contributed by atoms with E-state index in [0.717, 1.165) is 49.1 Å². The third kappa shape index (κ3) is 4.97. The Morgan fingerprint density at radius 1 is 1.06 bits per heavy atom. The van der Waals surface area contributed by atoms with Crippen molar-refractivity contribution in [2.45, 2.75) is 37.5 Å². The Morgan fingerprint density at radius 2 is 1.83 bits per heavy atom. The Hall–Kier alpha value is -4.71. The van der Waals surface area contributed by atoms with Crippen LogP contribution in [0.5, 0.6) is 0 Å². The molecule has 244 valence electrons. The van der Waals surface area contributed by atoms with Gasteiger partial charge in [0.15, 0.2) is 17.6 Å². The van der Waals surface area contributed by atoms with E-state index in [2.05, 4.69) is 30.7 Å². The van der Waals surface area contributed by atoms with Crippen LogP contribution in [0.2, 0.25) is 0 Å². The van der Waals surface area contributed by atoms with Gasteiger partial charge in [0.25, 0.3) is 21.5 Å². The zero-order chi connectivity index (χ0) is 32.3. The van der Waals surface area contributed by atoms with Crippen LogP contribution in [0, 0.1) is 5.82 Å². The minimum absolute atomic E-state index is 0.0520. The Morgan fingerprint density at radius 3 is 2.57 bits per heavy atom. The van der Waals surface area contributed by atoms with Gasteiger partial charge in [-0.1, -0.05) is 35.5 Å². The third-order valence-corrected chi connectivity index (χ3v) is 10.7. The third-order valence-electron chi connectivity index (χ3n) is 9.28. The lowest BCUT2D eigenvalue weighted by molar-refractivity contribution is 0.0747. The van der Waals surface area contributed by atoms with Crippen LogP contribution in [0.3, 0.4) is 0 Å². The van der Waals surface area contributed by atoms with Crippen molar-refractivity contribution in [1.29, 1.82) is 0 Å². The zero-order valence-electron chi connectivity index (χ0n) is 25.0. The summed E-state index contributed by atoms with van der Waals surface area (Å²) in [6.45, 7) is 2.34. The van der Waals surface area contributed by atoms with Gasteiger partial charge in [-0.25, -0.2) is 22.5 Å². The topological polar surface area (TPSA) is 183 Å². The summed E-state index contributed by atoms with van der Waals surface area (Å²) in [5, 5.41) is 20.6. The van der Waals surface area contributed by atoms with Crippen molar-refractivity contribution in [3.63, 3.8) is 0 Å². The van der Waals surface area contributed by atoms with Gasteiger partial charge in [-0.15, -0.1) is 0 Å². The number of piperidine rings is 3. The average Bonchev–Trinajstić information content (AvgIpc) is 3.71. The maximum atomic E-state index is 16.0. The van der Waals surface area contributed by atoms with E-state index in [-0.39, 0.29) is 47.5 Å². The van der Waals surface area contributed by atoms with Crippen molar-refractivity contribution < 1.29 is 27.2 Å². The number of nitrogens with zero attached hydrogens (tertiary/aromatic N) is 7. The standard InChI is InChI=1S/C30H30FN9O6S/c31-23-21(7-6-19-24(23)40-39(27(19)42)16-45-17-47(40,43)44)34-29-32-14-20(25(35-29)33-22(15-41)18-4-2-1-3-5-18)26-36-28(37-46-26)30-8-11-38(12-9-30)13-10-30/h1-7,14,22,41H,8-13,15-17H2,(H2,32,33,34,35)/t22-/m1/s1. The number of hydrogen-bond donors (Lipinski definition) is 3. The Bertz CT molecular complexity index is 2150. The second-order valence-electron chi connectivity index (χ2n) is 12.0. The molecular formula is C30H30FN9O6S. The summed E-state index contributed by atoms with van der Waals surface area (Å²) < 4.78 is 53.8. The molecule has 0 amide bonds. The summed E-state index contributed by atoms with van der Waals surface area (Å²) in [6.07, 6.45) is 4.29. The van der Waals surface area contributed by atoms with Gasteiger partial charge >= 0.3 is 0 Å². The van der Waals surface area contributed by atoms with Gasteiger partial charge in [0.1, 0.15) is 23.6 Å². The molecule has 0 spiro atoms. The van der Waals surface area contributed by atoms with Gasteiger partial charge in [0.05, 0.1) is 23.7 Å². The molecule has 4 aliphatic rings. The number of anilines is 3. The highest BCUT2D eigenvalue weighted by molar-refractivity contribution is 7.89. The fraction of sp³-hybridized carbons (Fsp3) is 0.367. The van der Waals surface area contributed by atoms with E-state index in [0.29, 0.717) is 15.5 Å². The number of nitrogens with one attached hydrogen (secondary N) is 2. The molecule has 0 saturated carbocycles. The van der Waals surface area contributed by atoms with E-state index in [1.807, 2.05) is 30.3 Å². The van der Waals surface area contributed by atoms with Crippen molar-refractivity contribution >= 4 is 38.4 Å². The summed E-state index contributed by atoms with van der Waals surface area (Å²) in [6, 6.07) is 11.3. The first-order chi connectivity index (χ1) is 22.8. The van der Waals surface area contributed by atoms with Crippen LogP contribution in [-0.2, 0) is 26.9 Å². The quantitative estimate of drug-likeness (QED) is 0.220. The normalized spacial score (nSPS) is 22.2. The molecule has 7 heterocycles. The van der Waals surface area contributed by atoms with Crippen molar-refractivity contribution in [1.82, 2.24) is 33.8 Å². The summed E-state index contributed by atoms with van der Waals surface area (Å²) in [5.74, 6) is -0.663. The van der Waals surface area contributed by atoms with Gasteiger partial charge in [0, 0.05) is 11.6 Å². The number of aliphatic hydroxyl groups is 1. The van der Waals surface area contributed by atoms with Gasteiger partial charge in [-0.2, -0.15) is 14.1 Å².